The van der Waals surface area contributed by atoms with Crippen molar-refractivity contribution in [1.82, 2.24) is 0 Å². The molecule has 2 heteroatoms. The molecule has 1 nitrogen and oxygen atoms in total. The quantitative estimate of drug-likeness (QED) is 0.277. The van der Waals surface area contributed by atoms with E-state index >= 15 is 0 Å². The fraction of sp³-hybridized carbons (Fsp3) is 0. The Hall–Kier alpha value is -4.04. The van der Waals surface area contributed by atoms with Crippen molar-refractivity contribution in [2.75, 3.05) is 4.90 Å². The molecule has 5 aromatic rings. The van der Waals surface area contributed by atoms with Crippen LogP contribution in [0.3, 0.4) is 0 Å². The minimum atomic E-state index is 0.760. The molecule has 150 valence electrons. The van der Waals surface area contributed by atoms with Crippen LogP contribution in [0.2, 0.25) is 0 Å². The maximum atomic E-state index is 5.92. The highest BCUT2D eigenvalue weighted by molar-refractivity contribution is 6.32. The summed E-state index contributed by atoms with van der Waals surface area (Å²) >= 11 is 0. The highest BCUT2D eigenvalue weighted by Crippen LogP contribution is 2.35. The highest BCUT2D eigenvalue weighted by Gasteiger charge is 2.12. The Morgan fingerprint density at radius 3 is 1.19 bits per heavy atom. The van der Waals surface area contributed by atoms with E-state index in [2.05, 4.69) is 114 Å². The smallest absolute Gasteiger partial charge is 0.113 e. The number of para-hydroxylation sites is 1. The van der Waals surface area contributed by atoms with Crippen LogP contribution in [0.1, 0.15) is 0 Å². The summed E-state index contributed by atoms with van der Waals surface area (Å²) < 4.78 is 0. The van der Waals surface area contributed by atoms with Gasteiger partial charge in [-0.15, -0.1) is 0 Å². The van der Waals surface area contributed by atoms with E-state index in [9.17, 15) is 0 Å². The Labute approximate surface area is 191 Å². The minimum absolute atomic E-state index is 0.760. The second kappa shape index (κ2) is 8.99. The molecule has 5 rings (SSSR count). The van der Waals surface area contributed by atoms with Crippen LogP contribution in [0.25, 0.3) is 22.3 Å². The minimum Gasteiger partial charge on any atom is -0.311 e. The summed E-state index contributed by atoms with van der Waals surface area (Å²) in [5.74, 6) is 0. The van der Waals surface area contributed by atoms with Crippen molar-refractivity contribution in [3.8, 4) is 22.3 Å². The SMILES string of the molecule is [B]c1ccc(N(c2ccccc2)c2ccc(-c3ccc(-c4ccccc4)cc3)cc2)cc1. The van der Waals surface area contributed by atoms with Crippen molar-refractivity contribution < 1.29 is 0 Å². The summed E-state index contributed by atoms with van der Waals surface area (Å²) in [5, 5.41) is 0. The molecule has 0 aromatic heterocycles. The molecular formula is C30H22BN. The van der Waals surface area contributed by atoms with E-state index in [0.29, 0.717) is 0 Å². The maximum absolute atomic E-state index is 5.92. The number of anilines is 3. The van der Waals surface area contributed by atoms with Gasteiger partial charge in [0.25, 0.3) is 0 Å². The van der Waals surface area contributed by atoms with E-state index in [-0.39, 0.29) is 0 Å². The van der Waals surface area contributed by atoms with Crippen molar-refractivity contribution in [3.05, 3.63) is 133 Å². The summed E-state index contributed by atoms with van der Waals surface area (Å²) in [4.78, 5) is 2.24. The van der Waals surface area contributed by atoms with Gasteiger partial charge >= 0.3 is 0 Å². The van der Waals surface area contributed by atoms with Crippen LogP contribution in [-0.4, -0.2) is 7.85 Å². The van der Waals surface area contributed by atoms with Crippen molar-refractivity contribution in [2.24, 2.45) is 0 Å². The summed E-state index contributed by atoms with van der Waals surface area (Å²) in [5.41, 5.74) is 8.90. The number of hydrogen-bond donors (Lipinski definition) is 0. The maximum Gasteiger partial charge on any atom is 0.113 e. The first-order valence-electron chi connectivity index (χ1n) is 10.7. The van der Waals surface area contributed by atoms with Gasteiger partial charge < -0.3 is 4.90 Å². The Morgan fingerprint density at radius 1 is 0.344 bits per heavy atom. The molecule has 0 heterocycles. The zero-order chi connectivity index (χ0) is 21.8. The van der Waals surface area contributed by atoms with E-state index in [0.717, 1.165) is 22.5 Å². The van der Waals surface area contributed by atoms with Crippen LogP contribution in [-0.2, 0) is 0 Å². The van der Waals surface area contributed by atoms with Crippen molar-refractivity contribution in [2.45, 2.75) is 0 Å². The fourth-order valence-electron chi connectivity index (χ4n) is 3.94. The molecule has 0 fully saturated rings. The van der Waals surface area contributed by atoms with Gasteiger partial charge in [-0.1, -0.05) is 103 Å². The number of benzene rings is 5. The van der Waals surface area contributed by atoms with Crippen LogP contribution in [0, 0.1) is 0 Å². The van der Waals surface area contributed by atoms with Gasteiger partial charge in [0.15, 0.2) is 0 Å². The molecule has 0 atom stereocenters. The zero-order valence-electron chi connectivity index (χ0n) is 17.7. The largest absolute Gasteiger partial charge is 0.311 e. The van der Waals surface area contributed by atoms with E-state index in [1.165, 1.54) is 22.3 Å². The van der Waals surface area contributed by atoms with E-state index in [1.54, 1.807) is 0 Å². The molecule has 0 bridgehead atoms. The summed E-state index contributed by atoms with van der Waals surface area (Å²) in [6.45, 7) is 0. The van der Waals surface area contributed by atoms with Gasteiger partial charge in [-0.25, -0.2) is 0 Å². The molecule has 32 heavy (non-hydrogen) atoms. The van der Waals surface area contributed by atoms with Gasteiger partial charge in [0.1, 0.15) is 7.85 Å². The molecule has 0 saturated heterocycles. The topological polar surface area (TPSA) is 3.24 Å². The van der Waals surface area contributed by atoms with E-state index in [1.807, 2.05) is 24.3 Å². The predicted octanol–water partition coefficient (Wildman–Crippen LogP) is 7.28. The molecule has 0 aliphatic carbocycles. The van der Waals surface area contributed by atoms with Gasteiger partial charge in [-0.05, 0) is 58.7 Å². The van der Waals surface area contributed by atoms with Gasteiger partial charge in [0, 0.05) is 17.1 Å². The first-order valence-corrected chi connectivity index (χ1v) is 10.7. The Bertz CT molecular complexity index is 1280. The average Bonchev–Trinajstić information content (AvgIpc) is 2.87. The molecule has 0 N–H and O–H groups in total. The first-order chi connectivity index (χ1) is 15.8. The first kappa shape index (κ1) is 19.9. The van der Waals surface area contributed by atoms with Crippen molar-refractivity contribution in [3.63, 3.8) is 0 Å². The lowest BCUT2D eigenvalue weighted by Gasteiger charge is -2.25. The molecule has 0 saturated carbocycles. The van der Waals surface area contributed by atoms with Crippen LogP contribution in [0.4, 0.5) is 17.1 Å². The fourth-order valence-corrected chi connectivity index (χ4v) is 3.94. The zero-order valence-corrected chi connectivity index (χ0v) is 17.7. The molecule has 5 aromatic carbocycles. The Kier molecular flexibility index (Phi) is 5.59. The molecule has 0 aliphatic heterocycles. The summed E-state index contributed by atoms with van der Waals surface area (Å²) in [7, 11) is 5.92. The standard InChI is InChI=1S/C30H22BN/c31-27-17-21-30(22-18-27)32(28-9-5-2-6-10-28)29-19-15-26(16-20-29)25-13-11-24(12-14-25)23-7-3-1-4-8-23/h1-22H. The average molecular weight is 407 g/mol. The van der Waals surface area contributed by atoms with E-state index in [4.69, 9.17) is 7.85 Å². The van der Waals surface area contributed by atoms with Crippen LogP contribution in [0.15, 0.2) is 133 Å². The molecule has 0 spiro atoms. The molecular weight excluding hydrogens is 385 g/mol. The second-order valence-corrected chi connectivity index (χ2v) is 7.75. The van der Waals surface area contributed by atoms with E-state index < -0.39 is 0 Å². The Morgan fingerprint density at radius 2 is 0.688 bits per heavy atom. The predicted molar refractivity (Wildman–Crippen MR) is 137 cm³/mol. The normalized spacial score (nSPS) is 10.6. The van der Waals surface area contributed by atoms with Crippen molar-refractivity contribution in [1.29, 1.82) is 0 Å². The highest BCUT2D eigenvalue weighted by atomic mass is 15.1. The second-order valence-electron chi connectivity index (χ2n) is 7.75. The Balaban J connectivity index is 1.46. The summed E-state index contributed by atoms with van der Waals surface area (Å²) in [6.07, 6.45) is 0. The van der Waals surface area contributed by atoms with Gasteiger partial charge in [-0.3, -0.25) is 0 Å². The molecule has 0 unspecified atom stereocenters. The third-order valence-corrected chi connectivity index (χ3v) is 5.62. The van der Waals surface area contributed by atoms with Crippen molar-refractivity contribution >= 4 is 30.4 Å². The van der Waals surface area contributed by atoms with Gasteiger partial charge in [0.05, 0.1) is 0 Å². The summed E-state index contributed by atoms with van der Waals surface area (Å²) in [6, 6.07) is 46.3. The van der Waals surface area contributed by atoms with Gasteiger partial charge in [0.2, 0.25) is 0 Å². The number of rotatable bonds is 5. The third kappa shape index (κ3) is 4.21. The van der Waals surface area contributed by atoms with Crippen LogP contribution in [0.5, 0.6) is 0 Å². The molecule has 2 radical (unpaired) electrons. The number of hydrogen-bond acceptors (Lipinski definition) is 1. The molecule has 0 aliphatic rings. The number of nitrogens with zero attached hydrogens (tertiary/aromatic N) is 1. The lowest BCUT2D eigenvalue weighted by atomic mass is 9.96. The lowest BCUT2D eigenvalue weighted by Crippen LogP contribution is -2.11. The van der Waals surface area contributed by atoms with Gasteiger partial charge in [-0.2, -0.15) is 0 Å². The van der Waals surface area contributed by atoms with Crippen LogP contribution < -0.4 is 10.4 Å². The monoisotopic (exact) mass is 407 g/mol. The molecule has 0 amide bonds. The van der Waals surface area contributed by atoms with Crippen LogP contribution >= 0.6 is 0 Å². The third-order valence-electron chi connectivity index (χ3n) is 5.62. The lowest BCUT2D eigenvalue weighted by molar-refractivity contribution is 1.29.